The number of benzene rings is 1. The summed E-state index contributed by atoms with van der Waals surface area (Å²) in [6.07, 6.45) is 2.47. The van der Waals surface area contributed by atoms with Gasteiger partial charge < -0.3 is 10.2 Å². The van der Waals surface area contributed by atoms with Gasteiger partial charge in [-0.3, -0.25) is 0 Å². The van der Waals surface area contributed by atoms with E-state index in [-0.39, 0.29) is 10.8 Å². The summed E-state index contributed by atoms with van der Waals surface area (Å²) in [6.45, 7) is 4.34. The van der Waals surface area contributed by atoms with Crippen LogP contribution in [-0.4, -0.2) is 26.2 Å². The highest BCUT2D eigenvalue weighted by Crippen LogP contribution is 2.38. The first-order chi connectivity index (χ1) is 8.19. The number of halogens is 2. The maximum atomic E-state index is 13.1. The average Bonchev–Trinajstić information content (AvgIpc) is 2.94. The molecule has 1 atom stereocenters. The Kier molecular flexibility index (Phi) is 2.75. The minimum Gasteiger partial charge on any atom is -0.371 e. The zero-order valence-corrected chi connectivity index (χ0v) is 10.4. The molecule has 1 spiro atoms. The summed E-state index contributed by atoms with van der Waals surface area (Å²) in [7, 11) is 0. The predicted molar refractivity (Wildman–Crippen MR) is 68.2 cm³/mol. The molecule has 92 valence electrons. The second kappa shape index (κ2) is 4.14. The lowest BCUT2D eigenvalue weighted by atomic mass is 9.86. The summed E-state index contributed by atoms with van der Waals surface area (Å²) in [4.78, 5) is 2.32. The summed E-state index contributed by atoms with van der Waals surface area (Å²) < 4.78 is 13.1. The quantitative estimate of drug-likeness (QED) is 0.829. The van der Waals surface area contributed by atoms with Gasteiger partial charge in [0.05, 0.1) is 5.02 Å². The van der Waals surface area contributed by atoms with Crippen LogP contribution in [0.4, 0.5) is 10.1 Å². The lowest BCUT2D eigenvalue weighted by molar-refractivity contribution is 0.369. The summed E-state index contributed by atoms with van der Waals surface area (Å²) >= 11 is 5.83. The number of rotatable bonds is 1. The van der Waals surface area contributed by atoms with E-state index in [2.05, 4.69) is 10.2 Å². The first-order valence-corrected chi connectivity index (χ1v) is 6.47. The van der Waals surface area contributed by atoms with Crippen molar-refractivity contribution in [3.05, 3.63) is 29.0 Å². The molecule has 0 amide bonds. The van der Waals surface area contributed by atoms with Gasteiger partial charge in [0.25, 0.3) is 0 Å². The smallest absolute Gasteiger partial charge is 0.141 e. The van der Waals surface area contributed by atoms with Gasteiger partial charge in [-0.15, -0.1) is 0 Å². The molecule has 2 nitrogen and oxygen atoms in total. The van der Waals surface area contributed by atoms with Gasteiger partial charge in [-0.2, -0.15) is 0 Å². The monoisotopic (exact) mass is 254 g/mol. The summed E-state index contributed by atoms with van der Waals surface area (Å²) in [5.41, 5.74) is 1.47. The van der Waals surface area contributed by atoms with E-state index in [1.165, 1.54) is 18.9 Å². The fraction of sp³-hybridized carbons (Fsp3) is 0.538. The Labute approximate surface area is 106 Å². The van der Waals surface area contributed by atoms with Crippen LogP contribution in [0.25, 0.3) is 0 Å². The van der Waals surface area contributed by atoms with E-state index in [1.807, 2.05) is 6.07 Å². The van der Waals surface area contributed by atoms with Gasteiger partial charge in [0.15, 0.2) is 0 Å². The van der Waals surface area contributed by atoms with E-state index < -0.39 is 0 Å². The van der Waals surface area contributed by atoms with Crippen molar-refractivity contribution in [2.24, 2.45) is 5.41 Å². The molecule has 1 aromatic rings. The van der Waals surface area contributed by atoms with Crippen LogP contribution in [0.2, 0.25) is 5.02 Å². The lowest BCUT2D eigenvalue weighted by Gasteiger charge is -2.24. The highest BCUT2D eigenvalue weighted by atomic mass is 35.5. The Balaban J connectivity index is 1.79. The van der Waals surface area contributed by atoms with Crippen molar-refractivity contribution >= 4 is 17.3 Å². The van der Waals surface area contributed by atoms with E-state index in [0.29, 0.717) is 5.41 Å². The maximum Gasteiger partial charge on any atom is 0.141 e. The topological polar surface area (TPSA) is 15.3 Å². The largest absolute Gasteiger partial charge is 0.371 e. The molecule has 0 aliphatic carbocycles. The summed E-state index contributed by atoms with van der Waals surface area (Å²) in [6, 6.07) is 5.01. The first-order valence-electron chi connectivity index (χ1n) is 6.09. The van der Waals surface area contributed by atoms with Crippen molar-refractivity contribution in [1.29, 1.82) is 0 Å². The molecule has 2 aliphatic heterocycles. The summed E-state index contributed by atoms with van der Waals surface area (Å²) in [5, 5.41) is 3.65. The second-order valence-corrected chi connectivity index (χ2v) is 5.60. The predicted octanol–water partition coefficient (Wildman–Crippen LogP) is 2.67. The molecule has 0 radical (unpaired) electrons. The van der Waals surface area contributed by atoms with Crippen molar-refractivity contribution in [3.8, 4) is 0 Å². The molecule has 0 aromatic heterocycles. The van der Waals surface area contributed by atoms with Crippen LogP contribution in [-0.2, 0) is 0 Å². The van der Waals surface area contributed by atoms with Crippen molar-refractivity contribution in [2.45, 2.75) is 12.8 Å². The SMILES string of the molecule is Fc1ccc(N2CCC3(CCNC3)C2)cc1Cl. The van der Waals surface area contributed by atoms with Gasteiger partial charge in [-0.1, -0.05) is 11.6 Å². The molecular formula is C13H16ClFN2. The van der Waals surface area contributed by atoms with Crippen molar-refractivity contribution < 1.29 is 4.39 Å². The van der Waals surface area contributed by atoms with Crippen molar-refractivity contribution in [2.75, 3.05) is 31.1 Å². The third kappa shape index (κ3) is 2.02. The molecule has 2 fully saturated rings. The molecule has 0 saturated carbocycles. The second-order valence-electron chi connectivity index (χ2n) is 5.20. The van der Waals surface area contributed by atoms with Crippen LogP contribution in [0.5, 0.6) is 0 Å². The Hall–Kier alpha value is -0.800. The maximum absolute atomic E-state index is 13.1. The average molecular weight is 255 g/mol. The third-order valence-corrected chi connectivity index (χ3v) is 4.33. The minimum absolute atomic E-state index is 0.216. The normalized spacial score (nSPS) is 28.2. The molecule has 17 heavy (non-hydrogen) atoms. The van der Waals surface area contributed by atoms with E-state index in [9.17, 15) is 4.39 Å². The number of hydrogen-bond donors (Lipinski definition) is 1. The number of nitrogens with one attached hydrogen (secondary N) is 1. The number of anilines is 1. The molecule has 3 rings (SSSR count). The van der Waals surface area contributed by atoms with Crippen molar-refractivity contribution in [3.63, 3.8) is 0 Å². The van der Waals surface area contributed by atoms with E-state index in [4.69, 9.17) is 11.6 Å². The zero-order valence-electron chi connectivity index (χ0n) is 9.68. The van der Waals surface area contributed by atoms with Crippen LogP contribution < -0.4 is 10.2 Å². The summed E-state index contributed by atoms with van der Waals surface area (Å²) in [5.74, 6) is -0.341. The lowest BCUT2D eigenvalue weighted by Crippen LogP contribution is -2.29. The fourth-order valence-corrected chi connectivity index (χ4v) is 3.16. The molecule has 0 bridgehead atoms. The van der Waals surface area contributed by atoms with Crippen LogP contribution in [0.15, 0.2) is 18.2 Å². The minimum atomic E-state index is -0.341. The van der Waals surface area contributed by atoms with Crippen LogP contribution >= 0.6 is 11.6 Å². The van der Waals surface area contributed by atoms with E-state index in [1.54, 1.807) is 6.07 Å². The standard InChI is InChI=1S/C13H16ClFN2/c14-11-7-10(1-2-12(11)15)17-6-4-13(9-17)3-5-16-8-13/h1-2,7,16H,3-6,8-9H2. The number of hydrogen-bond acceptors (Lipinski definition) is 2. The Morgan fingerprint density at radius 1 is 1.35 bits per heavy atom. The van der Waals surface area contributed by atoms with Gasteiger partial charge in [-0.05, 0) is 37.6 Å². The molecule has 2 heterocycles. The first kappa shape index (κ1) is 11.3. The highest BCUT2D eigenvalue weighted by Gasteiger charge is 2.40. The Morgan fingerprint density at radius 3 is 2.94 bits per heavy atom. The molecule has 1 N–H and O–H groups in total. The van der Waals surface area contributed by atoms with E-state index >= 15 is 0 Å². The van der Waals surface area contributed by atoms with Crippen LogP contribution in [0, 0.1) is 11.2 Å². The molecular weight excluding hydrogens is 239 g/mol. The highest BCUT2D eigenvalue weighted by molar-refractivity contribution is 6.31. The number of nitrogens with zero attached hydrogens (tertiary/aromatic N) is 1. The van der Waals surface area contributed by atoms with Crippen LogP contribution in [0.3, 0.4) is 0 Å². The molecule has 2 saturated heterocycles. The molecule has 1 aromatic carbocycles. The molecule has 1 unspecified atom stereocenters. The van der Waals surface area contributed by atoms with Gasteiger partial charge in [0.1, 0.15) is 5.82 Å². The van der Waals surface area contributed by atoms with Gasteiger partial charge in [0, 0.05) is 30.7 Å². The third-order valence-electron chi connectivity index (χ3n) is 4.04. The molecule has 2 aliphatic rings. The van der Waals surface area contributed by atoms with E-state index in [0.717, 1.165) is 31.9 Å². The van der Waals surface area contributed by atoms with Crippen molar-refractivity contribution in [1.82, 2.24) is 5.32 Å². The fourth-order valence-electron chi connectivity index (χ4n) is 2.98. The van der Waals surface area contributed by atoms with Crippen LogP contribution in [0.1, 0.15) is 12.8 Å². The zero-order chi connectivity index (χ0) is 11.9. The molecule has 4 heteroatoms. The van der Waals surface area contributed by atoms with Gasteiger partial charge >= 0.3 is 0 Å². The Bertz CT molecular complexity index is 429. The Morgan fingerprint density at radius 2 is 2.24 bits per heavy atom. The van der Waals surface area contributed by atoms with Gasteiger partial charge in [-0.25, -0.2) is 4.39 Å². The van der Waals surface area contributed by atoms with Gasteiger partial charge in [0.2, 0.25) is 0 Å².